The molecule has 7 heteroatoms. The number of H-pyrrole nitrogens is 1. The van der Waals surface area contributed by atoms with Crippen molar-refractivity contribution in [3.8, 4) is 5.75 Å². The quantitative estimate of drug-likeness (QED) is 0.500. The summed E-state index contributed by atoms with van der Waals surface area (Å²) in [5, 5.41) is 0.405. The molecule has 4 rings (SSSR count). The van der Waals surface area contributed by atoms with Crippen LogP contribution in [0.15, 0.2) is 28.0 Å². The van der Waals surface area contributed by atoms with E-state index in [4.69, 9.17) is 4.74 Å². The highest BCUT2D eigenvalue weighted by Gasteiger charge is 2.20. The Hall–Kier alpha value is -2.83. The van der Waals surface area contributed by atoms with Gasteiger partial charge in [0, 0.05) is 25.1 Å². The first-order chi connectivity index (χ1) is 14.5. The van der Waals surface area contributed by atoms with E-state index < -0.39 is 0 Å². The SMILES string of the molecule is C=c1c(=O)[nH]c2n1Cc1cc(OCCCC(=O)N(C)C3CCCCCC3)ccc1N=2. The normalized spacial score (nSPS) is 16.2. The average Bonchev–Trinajstić information content (AvgIpc) is 2.94. The lowest BCUT2D eigenvalue weighted by atomic mass is 10.1. The second kappa shape index (κ2) is 8.90. The Balaban J connectivity index is 1.29. The lowest BCUT2D eigenvalue weighted by Gasteiger charge is -2.27. The molecule has 160 valence electrons. The number of hydrogen-bond donors (Lipinski definition) is 1. The van der Waals surface area contributed by atoms with Gasteiger partial charge in [-0.25, -0.2) is 4.99 Å². The molecule has 1 aromatic carbocycles. The number of imidazole rings is 1. The zero-order valence-corrected chi connectivity index (χ0v) is 17.7. The third-order valence-corrected chi connectivity index (χ3v) is 6.24. The van der Waals surface area contributed by atoms with Crippen LogP contribution in [0.4, 0.5) is 5.69 Å². The highest BCUT2D eigenvalue weighted by molar-refractivity contribution is 5.76. The van der Waals surface area contributed by atoms with Crippen LogP contribution in [-0.2, 0) is 11.3 Å². The monoisotopic (exact) mass is 410 g/mol. The van der Waals surface area contributed by atoms with E-state index in [-0.39, 0.29) is 11.5 Å². The number of rotatable bonds is 6. The number of benzene rings is 1. The molecule has 1 amide bonds. The van der Waals surface area contributed by atoms with Gasteiger partial charge in [0.15, 0.2) is 0 Å². The van der Waals surface area contributed by atoms with Gasteiger partial charge in [0.05, 0.1) is 18.8 Å². The van der Waals surface area contributed by atoms with Gasteiger partial charge >= 0.3 is 0 Å². The van der Waals surface area contributed by atoms with Crippen molar-refractivity contribution in [1.82, 2.24) is 14.5 Å². The number of amides is 1. The average molecular weight is 411 g/mol. The maximum atomic E-state index is 12.5. The Morgan fingerprint density at radius 1 is 1.30 bits per heavy atom. The molecule has 1 aliphatic carbocycles. The Labute approximate surface area is 176 Å². The molecular weight excluding hydrogens is 380 g/mol. The van der Waals surface area contributed by atoms with Crippen LogP contribution >= 0.6 is 0 Å². The van der Waals surface area contributed by atoms with Gasteiger partial charge in [-0.05, 0) is 37.5 Å². The fraction of sp³-hybridized carbons (Fsp3) is 0.522. The molecule has 1 saturated carbocycles. The summed E-state index contributed by atoms with van der Waals surface area (Å²) in [4.78, 5) is 33.5. The van der Waals surface area contributed by atoms with Gasteiger partial charge in [-0.1, -0.05) is 32.3 Å². The van der Waals surface area contributed by atoms with Crippen LogP contribution in [-0.4, -0.2) is 40.1 Å². The highest BCUT2D eigenvalue weighted by Crippen LogP contribution is 2.26. The Bertz CT molecular complexity index is 1080. The summed E-state index contributed by atoms with van der Waals surface area (Å²) in [5.74, 6) is 0.962. The topological polar surface area (TPSA) is 79.7 Å². The van der Waals surface area contributed by atoms with Gasteiger partial charge in [0.1, 0.15) is 11.1 Å². The fourth-order valence-corrected chi connectivity index (χ4v) is 4.36. The second-order valence-electron chi connectivity index (χ2n) is 8.31. The molecule has 7 nitrogen and oxygen atoms in total. The number of nitrogens with one attached hydrogen (secondary N) is 1. The Kier molecular flexibility index (Phi) is 6.06. The van der Waals surface area contributed by atoms with Crippen molar-refractivity contribution in [1.29, 1.82) is 0 Å². The largest absolute Gasteiger partial charge is 0.494 e. The molecule has 2 aromatic rings. The van der Waals surface area contributed by atoms with E-state index in [0.29, 0.717) is 43.0 Å². The molecule has 0 atom stereocenters. The Morgan fingerprint density at radius 3 is 2.83 bits per heavy atom. The molecule has 1 fully saturated rings. The standard InChI is InChI=1S/C23H30N4O3/c1-16-22(29)25-23-24-20-12-11-19(14-17(20)15-27(16)23)30-13-7-10-21(28)26(2)18-8-5-3-4-6-9-18/h11-12,14,18H,1,3-10,13,15H2,2H3,(H,24,25,29). The summed E-state index contributed by atoms with van der Waals surface area (Å²) in [5.41, 5.74) is 2.13. The van der Waals surface area contributed by atoms with Crippen LogP contribution in [0.3, 0.4) is 0 Å². The number of aromatic nitrogens is 2. The molecule has 0 unspecified atom stereocenters. The molecule has 1 aliphatic heterocycles. The third kappa shape index (κ3) is 4.35. The molecule has 0 spiro atoms. The lowest BCUT2D eigenvalue weighted by Crippen LogP contribution is -2.36. The molecule has 1 N–H and O–H groups in total. The Morgan fingerprint density at radius 2 is 2.07 bits per heavy atom. The van der Waals surface area contributed by atoms with E-state index in [1.807, 2.05) is 30.1 Å². The smallest absolute Gasteiger partial charge is 0.274 e. The third-order valence-electron chi connectivity index (χ3n) is 6.24. The van der Waals surface area contributed by atoms with E-state index in [9.17, 15) is 9.59 Å². The first-order valence-electron chi connectivity index (χ1n) is 10.9. The first kappa shape index (κ1) is 20.4. The molecule has 0 radical (unpaired) electrons. The molecule has 0 saturated heterocycles. The van der Waals surface area contributed by atoms with Gasteiger partial charge in [-0.2, -0.15) is 0 Å². The number of nitrogens with zero attached hydrogens (tertiary/aromatic N) is 3. The summed E-state index contributed by atoms with van der Waals surface area (Å²) >= 11 is 0. The summed E-state index contributed by atoms with van der Waals surface area (Å²) in [6.07, 6.45) is 8.49. The van der Waals surface area contributed by atoms with Gasteiger partial charge in [0.2, 0.25) is 11.5 Å². The minimum atomic E-state index is -0.212. The van der Waals surface area contributed by atoms with Gasteiger partial charge in [0.25, 0.3) is 5.56 Å². The van der Waals surface area contributed by atoms with E-state index in [0.717, 1.165) is 29.8 Å². The predicted octanol–water partition coefficient (Wildman–Crippen LogP) is 2.24. The van der Waals surface area contributed by atoms with Crippen LogP contribution in [0, 0.1) is 0 Å². The number of carbonyl (C=O) groups is 1. The first-order valence-corrected chi connectivity index (χ1v) is 10.9. The van der Waals surface area contributed by atoms with Crippen molar-refractivity contribution in [3.63, 3.8) is 0 Å². The fourth-order valence-electron chi connectivity index (χ4n) is 4.36. The molecular formula is C23H30N4O3. The van der Waals surface area contributed by atoms with Gasteiger partial charge in [-0.15, -0.1) is 0 Å². The number of ether oxygens (including phenoxy) is 1. The minimum Gasteiger partial charge on any atom is -0.494 e. The summed E-state index contributed by atoms with van der Waals surface area (Å²) in [6, 6.07) is 6.12. The molecule has 30 heavy (non-hydrogen) atoms. The van der Waals surface area contributed by atoms with E-state index in [2.05, 4.69) is 16.6 Å². The van der Waals surface area contributed by atoms with Crippen molar-refractivity contribution in [2.45, 2.75) is 64.0 Å². The maximum absolute atomic E-state index is 12.5. The number of fused-ring (bicyclic) bond motifs is 2. The summed E-state index contributed by atoms with van der Waals surface area (Å²) in [6.45, 7) is 4.84. The molecule has 1 aromatic heterocycles. The van der Waals surface area contributed by atoms with Crippen LogP contribution in [0.1, 0.15) is 56.9 Å². The zero-order valence-electron chi connectivity index (χ0n) is 17.7. The van der Waals surface area contributed by atoms with Crippen molar-refractivity contribution in [3.05, 3.63) is 45.1 Å². The number of carbonyl (C=O) groups excluding carboxylic acids is 1. The molecule has 2 aliphatic rings. The van der Waals surface area contributed by atoms with Crippen LogP contribution < -0.4 is 21.3 Å². The van der Waals surface area contributed by atoms with E-state index in [1.54, 1.807) is 4.57 Å². The molecule has 0 bridgehead atoms. The number of hydrogen-bond acceptors (Lipinski definition) is 4. The van der Waals surface area contributed by atoms with Crippen molar-refractivity contribution < 1.29 is 9.53 Å². The minimum absolute atomic E-state index is 0.211. The van der Waals surface area contributed by atoms with Crippen LogP contribution in [0.5, 0.6) is 5.75 Å². The lowest BCUT2D eigenvalue weighted by molar-refractivity contribution is -0.132. The van der Waals surface area contributed by atoms with Crippen molar-refractivity contribution >= 4 is 18.2 Å². The number of aromatic amines is 1. The molecule has 2 heterocycles. The van der Waals surface area contributed by atoms with Crippen LogP contribution in [0.2, 0.25) is 0 Å². The van der Waals surface area contributed by atoms with E-state index in [1.165, 1.54) is 25.7 Å². The predicted molar refractivity (Wildman–Crippen MR) is 116 cm³/mol. The van der Waals surface area contributed by atoms with Crippen molar-refractivity contribution in [2.75, 3.05) is 13.7 Å². The van der Waals surface area contributed by atoms with Gasteiger partial charge in [-0.3, -0.25) is 14.6 Å². The zero-order chi connectivity index (χ0) is 21.1. The summed E-state index contributed by atoms with van der Waals surface area (Å²) < 4.78 is 7.66. The van der Waals surface area contributed by atoms with Crippen LogP contribution in [0.25, 0.3) is 6.58 Å². The van der Waals surface area contributed by atoms with Gasteiger partial charge < -0.3 is 14.2 Å². The van der Waals surface area contributed by atoms with E-state index >= 15 is 0 Å². The summed E-state index contributed by atoms with van der Waals surface area (Å²) in [7, 11) is 1.95. The second-order valence-corrected chi connectivity index (χ2v) is 8.31. The van der Waals surface area contributed by atoms with Crippen molar-refractivity contribution in [2.24, 2.45) is 4.99 Å². The maximum Gasteiger partial charge on any atom is 0.274 e. The highest BCUT2D eigenvalue weighted by atomic mass is 16.5.